The zero-order valence-corrected chi connectivity index (χ0v) is 12.3. The zero-order valence-electron chi connectivity index (χ0n) is 12.3. The Labute approximate surface area is 115 Å². The Morgan fingerprint density at radius 1 is 1.37 bits per heavy atom. The van der Waals surface area contributed by atoms with Crippen LogP contribution in [0.15, 0.2) is 6.07 Å². The molecule has 0 saturated heterocycles. The molecule has 1 aliphatic rings. The summed E-state index contributed by atoms with van der Waals surface area (Å²) >= 11 is 0. The summed E-state index contributed by atoms with van der Waals surface area (Å²) in [5.74, 6) is 1.63. The average Bonchev–Trinajstić information content (AvgIpc) is 2.40. The number of rotatable bonds is 4. The van der Waals surface area contributed by atoms with Crippen LogP contribution < -0.4 is 5.73 Å². The van der Waals surface area contributed by atoms with E-state index in [0.29, 0.717) is 6.54 Å². The van der Waals surface area contributed by atoms with Gasteiger partial charge in [-0.1, -0.05) is 6.92 Å². The van der Waals surface area contributed by atoms with Gasteiger partial charge in [0.25, 0.3) is 0 Å². The van der Waals surface area contributed by atoms with Crippen molar-refractivity contribution in [3.05, 3.63) is 23.3 Å². The van der Waals surface area contributed by atoms with Crippen LogP contribution in [0.5, 0.6) is 0 Å². The molecule has 0 amide bonds. The van der Waals surface area contributed by atoms with Crippen molar-refractivity contribution in [2.75, 3.05) is 13.7 Å². The first-order valence-corrected chi connectivity index (χ1v) is 7.20. The van der Waals surface area contributed by atoms with Crippen molar-refractivity contribution in [2.24, 2.45) is 11.7 Å². The molecule has 1 aromatic heterocycles. The predicted octanol–water partition coefficient (Wildman–Crippen LogP) is 2.34. The minimum absolute atomic E-state index is 0.290. The Morgan fingerprint density at radius 3 is 2.63 bits per heavy atom. The number of aryl methyl sites for hydroxylation is 1. The Bertz CT molecular complexity index is 425. The minimum atomic E-state index is -0.290. The average molecular weight is 263 g/mol. The maximum absolute atomic E-state index is 5.85. The van der Waals surface area contributed by atoms with Gasteiger partial charge in [-0.3, -0.25) is 0 Å². The Morgan fingerprint density at radius 2 is 2.05 bits per heavy atom. The monoisotopic (exact) mass is 263 g/mol. The second-order valence-electron chi connectivity index (χ2n) is 5.74. The third kappa shape index (κ3) is 3.12. The third-order valence-corrected chi connectivity index (χ3v) is 4.19. The summed E-state index contributed by atoms with van der Waals surface area (Å²) in [7, 11) is 1.78. The second-order valence-corrected chi connectivity index (χ2v) is 5.74. The van der Waals surface area contributed by atoms with Crippen molar-refractivity contribution in [3.63, 3.8) is 0 Å². The first kappa shape index (κ1) is 14.4. The minimum Gasteiger partial charge on any atom is -0.370 e. The maximum Gasteiger partial charge on any atom is 0.160 e. The van der Waals surface area contributed by atoms with Gasteiger partial charge in [0, 0.05) is 24.9 Å². The highest BCUT2D eigenvalue weighted by Crippen LogP contribution is 2.40. The van der Waals surface area contributed by atoms with Gasteiger partial charge in [-0.2, -0.15) is 0 Å². The van der Waals surface area contributed by atoms with Crippen LogP contribution >= 0.6 is 0 Å². The van der Waals surface area contributed by atoms with Crippen molar-refractivity contribution in [1.29, 1.82) is 0 Å². The molecule has 0 aromatic carbocycles. The van der Waals surface area contributed by atoms with Gasteiger partial charge in [-0.25, -0.2) is 9.97 Å². The summed E-state index contributed by atoms with van der Waals surface area (Å²) < 4.78 is 5.85. The van der Waals surface area contributed by atoms with E-state index in [9.17, 15) is 0 Å². The van der Waals surface area contributed by atoms with Gasteiger partial charge in [-0.05, 0) is 51.1 Å². The predicted molar refractivity (Wildman–Crippen MR) is 75.8 cm³/mol. The van der Waals surface area contributed by atoms with E-state index in [4.69, 9.17) is 15.5 Å². The fourth-order valence-corrected chi connectivity index (χ4v) is 2.86. The molecule has 4 heteroatoms. The lowest BCUT2D eigenvalue weighted by molar-refractivity contribution is -0.0599. The van der Waals surface area contributed by atoms with E-state index in [0.717, 1.165) is 42.4 Å². The molecule has 4 nitrogen and oxygen atoms in total. The quantitative estimate of drug-likeness (QED) is 0.905. The molecule has 0 radical (unpaired) electrons. The highest BCUT2D eigenvalue weighted by Gasteiger charge is 2.38. The highest BCUT2D eigenvalue weighted by molar-refractivity contribution is 5.15. The van der Waals surface area contributed by atoms with Gasteiger partial charge in [0.2, 0.25) is 0 Å². The van der Waals surface area contributed by atoms with Crippen LogP contribution in [-0.2, 0) is 16.8 Å². The van der Waals surface area contributed by atoms with E-state index in [2.05, 4.69) is 11.9 Å². The molecular formula is C15H25N3O. The lowest BCUT2D eigenvalue weighted by Gasteiger charge is -2.37. The fraction of sp³-hybridized carbons (Fsp3) is 0.733. The smallest absolute Gasteiger partial charge is 0.160 e. The van der Waals surface area contributed by atoms with Crippen LogP contribution in [0.4, 0.5) is 0 Å². The van der Waals surface area contributed by atoms with E-state index >= 15 is 0 Å². The Balaban J connectivity index is 2.32. The Kier molecular flexibility index (Phi) is 4.53. The van der Waals surface area contributed by atoms with Crippen LogP contribution in [0.3, 0.4) is 0 Å². The first-order valence-electron chi connectivity index (χ1n) is 7.20. The van der Waals surface area contributed by atoms with E-state index in [-0.39, 0.29) is 5.60 Å². The van der Waals surface area contributed by atoms with E-state index in [1.807, 2.05) is 13.0 Å². The van der Waals surface area contributed by atoms with Gasteiger partial charge < -0.3 is 10.5 Å². The summed E-state index contributed by atoms with van der Waals surface area (Å²) in [6, 6.07) is 2.02. The molecule has 2 rings (SSSR count). The topological polar surface area (TPSA) is 61.0 Å². The third-order valence-electron chi connectivity index (χ3n) is 4.19. The largest absolute Gasteiger partial charge is 0.370 e. The second kappa shape index (κ2) is 5.97. The normalized spacial score (nSPS) is 27.5. The fourth-order valence-electron chi connectivity index (χ4n) is 2.86. The van der Waals surface area contributed by atoms with Crippen molar-refractivity contribution >= 4 is 0 Å². The number of ether oxygens (including phenoxy) is 1. The number of nitrogens with two attached hydrogens (primary N) is 1. The van der Waals surface area contributed by atoms with Gasteiger partial charge in [0.1, 0.15) is 5.60 Å². The molecule has 2 N–H and O–H groups in total. The number of hydrogen-bond donors (Lipinski definition) is 1. The van der Waals surface area contributed by atoms with Crippen molar-refractivity contribution < 1.29 is 4.74 Å². The van der Waals surface area contributed by atoms with Gasteiger partial charge in [-0.15, -0.1) is 0 Å². The van der Waals surface area contributed by atoms with Crippen LogP contribution in [0.2, 0.25) is 0 Å². The Hall–Kier alpha value is -1.00. The number of hydrogen-bond acceptors (Lipinski definition) is 4. The van der Waals surface area contributed by atoms with Crippen molar-refractivity contribution in [3.8, 4) is 0 Å². The number of nitrogens with zero attached hydrogens (tertiary/aromatic N) is 2. The van der Waals surface area contributed by atoms with Crippen molar-refractivity contribution in [1.82, 2.24) is 9.97 Å². The van der Waals surface area contributed by atoms with Crippen molar-refractivity contribution in [2.45, 2.75) is 51.6 Å². The molecule has 1 fully saturated rings. The summed E-state index contributed by atoms with van der Waals surface area (Å²) in [6.45, 7) is 4.93. The maximum atomic E-state index is 5.85. The summed E-state index contributed by atoms with van der Waals surface area (Å²) in [5.41, 5.74) is 7.37. The molecule has 0 spiro atoms. The molecule has 0 unspecified atom stereocenters. The molecule has 1 aromatic rings. The number of aromatic nitrogens is 2. The molecule has 106 valence electrons. The molecule has 0 atom stereocenters. The molecule has 1 aliphatic carbocycles. The summed E-state index contributed by atoms with van der Waals surface area (Å²) in [6.07, 6.45) is 5.17. The summed E-state index contributed by atoms with van der Waals surface area (Å²) in [4.78, 5) is 9.33. The first-order chi connectivity index (χ1) is 9.09. The number of methoxy groups -OCH3 is 1. The summed E-state index contributed by atoms with van der Waals surface area (Å²) in [5, 5.41) is 0. The highest BCUT2D eigenvalue weighted by atomic mass is 16.5. The molecular weight excluding hydrogens is 238 g/mol. The van der Waals surface area contributed by atoms with Gasteiger partial charge >= 0.3 is 0 Å². The van der Waals surface area contributed by atoms with Crippen LogP contribution in [0.25, 0.3) is 0 Å². The van der Waals surface area contributed by atoms with Crippen LogP contribution in [0, 0.1) is 12.8 Å². The molecule has 19 heavy (non-hydrogen) atoms. The van der Waals surface area contributed by atoms with E-state index in [1.54, 1.807) is 7.11 Å². The lowest BCUT2D eigenvalue weighted by Crippen LogP contribution is -2.35. The van der Waals surface area contributed by atoms with E-state index in [1.165, 1.54) is 12.8 Å². The van der Waals surface area contributed by atoms with Crippen LogP contribution in [-0.4, -0.2) is 23.6 Å². The molecule has 1 saturated carbocycles. The van der Waals surface area contributed by atoms with Crippen LogP contribution in [0.1, 0.15) is 49.8 Å². The molecule has 0 aliphatic heterocycles. The SMILES string of the molecule is COC1(c2nc(C)cc(CCN)n2)CCC(C)CC1. The lowest BCUT2D eigenvalue weighted by atomic mass is 9.79. The van der Waals surface area contributed by atoms with Gasteiger partial charge in [0.05, 0.1) is 0 Å². The molecule has 0 bridgehead atoms. The molecule has 1 heterocycles. The zero-order chi connectivity index (χ0) is 13.9. The van der Waals surface area contributed by atoms with E-state index < -0.39 is 0 Å². The standard InChI is InChI=1S/C15H25N3O/c1-11-4-7-15(19-3,8-5-11)14-17-12(2)10-13(18-14)6-9-16/h10-11H,4-9,16H2,1-3H3. The van der Waals surface area contributed by atoms with Gasteiger partial charge in [0.15, 0.2) is 5.82 Å².